The summed E-state index contributed by atoms with van der Waals surface area (Å²) in [7, 11) is 0. The van der Waals surface area contributed by atoms with Crippen molar-refractivity contribution in [1.29, 1.82) is 0 Å². The molecule has 1 amide bonds. The molecule has 0 aromatic heterocycles. The normalized spacial score (nSPS) is 10.5. The molecule has 0 aliphatic heterocycles. The highest BCUT2D eigenvalue weighted by atomic mass is 35.5. The van der Waals surface area contributed by atoms with Gasteiger partial charge >= 0.3 is 0 Å². The molecule has 0 unspecified atom stereocenters. The maximum absolute atomic E-state index is 13.6. The highest BCUT2D eigenvalue weighted by Gasteiger charge is 2.17. The predicted molar refractivity (Wildman–Crippen MR) is 97.0 cm³/mol. The number of rotatable bonds is 4. The van der Waals surface area contributed by atoms with E-state index in [2.05, 4.69) is 5.32 Å². The van der Waals surface area contributed by atoms with Crippen molar-refractivity contribution in [3.63, 3.8) is 0 Å². The average Bonchev–Trinajstić information content (AvgIpc) is 2.59. The number of aryl methyl sites for hydroxylation is 1. The zero-order valence-corrected chi connectivity index (χ0v) is 14.5. The number of halogens is 3. The molecule has 0 bridgehead atoms. The highest BCUT2D eigenvalue weighted by molar-refractivity contribution is 6.30. The van der Waals surface area contributed by atoms with Crippen LogP contribution < -0.4 is 10.1 Å². The first-order valence-corrected chi connectivity index (χ1v) is 8.11. The van der Waals surface area contributed by atoms with Crippen molar-refractivity contribution in [3.05, 3.63) is 88.4 Å². The number of nitrogens with one attached hydrogen (secondary N) is 1. The van der Waals surface area contributed by atoms with E-state index in [4.69, 9.17) is 16.3 Å². The first-order valence-electron chi connectivity index (χ1n) is 7.73. The van der Waals surface area contributed by atoms with Crippen LogP contribution in [0.25, 0.3) is 0 Å². The van der Waals surface area contributed by atoms with Crippen LogP contribution in [0, 0.1) is 18.6 Å². The summed E-state index contributed by atoms with van der Waals surface area (Å²) < 4.78 is 33.0. The van der Waals surface area contributed by atoms with Crippen LogP contribution in [0.5, 0.6) is 11.5 Å². The first-order chi connectivity index (χ1) is 12.4. The molecule has 0 fully saturated rings. The maximum Gasteiger partial charge on any atom is 0.261 e. The molecule has 0 saturated carbocycles. The van der Waals surface area contributed by atoms with Gasteiger partial charge in [0.25, 0.3) is 5.91 Å². The molecule has 0 spiro atoms. The summed E-state index contributed by atoms with van der Waals surface area (Å²) in [6.45, 7) is 1.87. The molecule has 26 heavy (non-hydrogen) atoms. The molecule has 0 radical (unpaired) electrons. The number of carbonyl (C=O) groups is 1. The zero-order valence-electron chi connectivity index (χ0n) is 13.7. The van der Waals surface area contributed by atoms with E-state index in [9.17, 15) is 13.6 Å². The second-order valence-corrected chi connectivity index (χ2v) is 6.02. The van der Waals surface area contributed by atoms with E-state index in [1.54, 1.807) is 42.5 Å². The van der Waals surface area contributed by atoms with Crippen LogP contribution >= 0.6 is 11.6 Å². The lowest BCUT2D eigenvalue weighted by molar-refractivity contribution is 0.101. The molecule has 3 aromatic carbocycles. The Morgan fingerprint density at radius 3 is 2.27 bits per heavy atom. The largest absolute Gasteiger partial charge is 0.457 e. The Morgan fingerprint density at radius 1 is 1.00 bits per heavy atom. The summed E-state index contributed by atoms with van der Waals surface area (Å²) in [5, 5.41) is 3.08. The quantitative estimate of drug-likeness (QED) is 0.611. The Hall–Kier alpha value is -2.92. The van der Waals surface area contributed by atoms with Gasteiger partial charge in [0.05, 0.1) is 0 Å². The summed E-state index contributed by atoms with van der Waals surface area (Å²) in [6.07, 6.45) is 0. The van der Waals surface area contributed by atoms with Crippen molar-refractivity contribution in [2.45, 2.75) is 6.92 Å². The number of hydrogen-bond acceptors (Lipinski definition) is 2. The van der Waals surface area contributed by atoms with E-state index in [1.807, 2.05) is 6.92 Å². The minimum absolute atomic E-state index is 0.387. The van der Waals surface area contributed by atoms with E-state index >= 15 is 0 Å². The van der Waals surface area contributed by atoms with Crippen molar-refractivity contribution in [3.8, 4) is 11.5 Å². The monoisotopic (exact) mass is 373 g/mol. The van der Waals surface area contributed by atoms with Gasteiger partial charge in [-0.05, 0) is 67.1 Å². The Labute approximate surface area is 154 Å². The lowest BCUT2D eigenvalue weighted by Gasteiger charge is -2.10. The number of ether oxygens (including phenoxy) is 1. The van der Waals surface area contributed by atoms with Crippen LogP contribution in [0.3, 0.4) is 0 Å². The summed E-state index contributed by atoms with van der Waals surface area (Å²) in [5.74, 6) is -1.49. The van der Waals surface area contributed by atoms with Crippen LogP contribution in [-0.2, 0) is 0 Å². The fraction of sp³-hybridized carbons (Fsp3) is 0.0500. The fourth-order valence-electron chi connectivity index (χ4n) is 2.37. The molecular formula is C20H14ClF2NO2. The van der Waals surface area contributed by atoms with Gasteiger partial charge in [-0.25, -0.2) is 8.78 Å². The third kappa shape index (κ3) is 4.00. The predicted octanol–water partition coefficient (Wildman–Crippen LogP) is 5.97. The minimum atomic E-state index is -0.916. The standard InChI is InChI=1S/C20H14ClF2NO2/c1-12-11-13(21)5-10-18(12)26-15-8-6-14(7-9-15)24-20(25)19-16(22)3-2-4-17(19)23/h2-11H,1H3,(H,24,25). The van der Waals surface area contributed by atoms with Crippen molar-refractivity contribution < 1.29 is 18.3 Å². The molecule has 6 heteroatoms. The molecule has 0 aliphatic carbocycles. The van der Waals surface area contributed by atoms with E-state index in [-0.39, 0.29) is 0 Å². The molecule has 1 N–H and O–H groups in total. The van der Waals surface area contributed by atoms with Gasteiger partial charge in [-0.3, -0.25) is 4.79 Å². The number of anilines is 1. The van der Waals surface area contributed by atoms with Crippen LogP contribution in [0.15, 0.2) is 60.7 Å². The van der Waals surface area contributed by atoms with Crippen LogP contribution in [-0.4, -0.2) is 5.91 Å². The van der Waals surface area contributed by atoms with Crippen molar-refractivity contribution in [1.82, 2.24) is 0 Å². The number of carbonyl (C=O) groups excluding carboxylic acids is 1. The summed E-state index contributed by atoms with van der Waals surface area (Å²) in [4.78, 5) is 12.1. The van der Waals surface area contributed by atoms with Gasteiger partial charge in [-0.2, -0.15) is 0 Å². The average molecular weight is 374 g/mol. The summed E-state index contributed by atoms with van der Waals surface area (Å²) in [5.41, 5.74) is 0.646. The lowest BCUT2D eigenvalue weighted by atomic mass is 10.1. The second kappa shape index (κ2) is 7.54. The molecule has 0 atom stereocenters. The van der Waals surface area contributed by atoms with Gasteiger partial charge in [0.15, 0.2) is 0 Å². The van der Waals surface area contributed by atoms with Gasteiger partial charge in [-0.1, -0.05) is 17.7 Å². The summed E-state index contributed by atoms with van der Waals surface area (Å²) in [6, 6.07) is 15.0. The topological polar surface area (TPSA) is 38.3 Å². The Kier molecular flexibility index (Phi) is 5.19. The van der Waals surface area contributed by atoms with E-state index in [0.717, 1.165) is 17.7 Å². The Balaban J connectivity index is 1.72. The third-order valence-electron chi connectivity index (χ3n) is 3.67. The van der Waals surface area contributed by atoms with Gasteiger partial charge in [0.2, 0.25) is 0 Å². The lowest BCUT2D eigenvalue weighted by Crippen LogP contribution is -2.15. The van der Waals surface area contributed by atoms with E-state index < -0.39 is 23.1 Å². The van der Waals surface area contributed by atoms with Crippen molar-refractivity contribution >= 4 is 23.2 Å². The van der Waals surface area contributed by atoms with Gasteiger partial charge < -0.3 is 10.1 Å². The fourth-order valence-corrected chi connectivity index (χ4v) is 2.60. The number of amides is 1. The maximum atomic E-state index is 13.6. The van der Waals surface area contributed by atoms with Gasteiger partial charge in [-0.15, -0.1) is 0 Å². The number of hydrogen-bond donors (Lipinski definition) is 1. The minimum Gasteiger partial charge on any atom is -0.457 e. The SMILES string of the molecule is Cc1cc(Cl)ccc1Oc1ccc(NC(=O)c2c(F)cccc2F)cc1. The second-order valence-electron chi connectivity index (χ2n) is 5.59. The number of benzene rings is 3. The molecule has 3 nitrogen and oxygen atoms in total. The Bertz CT molecular complexity index is 938. The highest BCUT2D eigenvalue weighted by Crippen LogP contribution is 2.28. The van der Waals surface area contributed by atoms with Crippen molar-refractivity contribution in [2.75, 3.05) is 5.32 Å². The van der Waals surface area contributed by atoms with E-state index in [0.29, 0.717) is 22.2 Å². The smallest absolute Gasteiger partial charge is 0.261 e. The van der Waals surface area contributed by atoms with Crippen LogP contribution in [0.4, 0.5) is 14.5 Å². The molecular weight excluding hydrogens is 360 g/mol. The first kappa shape index (κ1) is 17.9. The van der Waals surface area contributed by atoms with Gasteiger partial charge in [0.1, 0.15) is 28.7 Å². The molecule has 3 aromatic rings. The zero-order chi connectivity index (χ0) is 18.7. The van der Waals surface area contributed by atoms with Gasteiger partial charge in [0, 0.05) is 10.7 Å². The van der Waals surface area contributed by atoms with Crippen LogP contribution in [0.1, 0.15) is 15.9 Å². The third-order valence-corrected chi connectivity index (χ3v) is 3.90. The van der Waals surface area contributed by atoms with Crippen molar-refractivity contribution in [2.24, 2.45) is 0 Å². The molecule has 0 aliphatic rings. The molecule has 0 saturated heterocycles. The molecule has 132 valence electrons. The van der Waals surface area contributed by atoms with Crippen LogP contribution in [0.2, 0.25) is 5.02 Å². The molecule has 3 rings (SSSR count). The summed E-state index contributed by atoms with van der Waals surface area (Å²) >= 11 is 5.91. The van der Waals surface area contributed by atoms with E-state index in [1.165, 1.54) is 6.07 Å². The molecule has 0 heterocycles. The Morgan fingerprint density at radius 2 is 1.65 bits per heavy atom.